The number of rotatable bonds is 6. The molecule has 3 rings (SSSR count). The van der Waals surface area contributed by atoms with Gasteiger partial charge in [-0.15, -0.1) is 5.10 Å². The fraction of sp³-hybridized carbons (Fsp3) is 0.167. The van der Waals surface area contributed by atoms with Crippen LogP contribution in [-0.2, 0) is 6.54 Å². The van der Waals surface area contributed by atoms with E-state index in [4.69, 9.17) is 16.3 Å². The van der Waals surface area contributed by atoms with Gasteiger partial charge in [-0.25, -0.2) is 14.1 Å². The van der Waals surface area contributed by atoms with Crippen molar-refractivity contribution in [2.75, 3.05) is 12.4 Å². The number of aromatic nitrogens is 3. The summed E-state index contributed by atoms with van der Waals surface area (Å²) in [5, 5.41) is 16.8. The molecule has 2 aromatic carbocycles. The van der Waals surface area contributed by atoms with Crippen molar-refractivity contribution in [1.82, 2.24) is 14.8 Å². The molecule has 1 atom stereocenters. The van der Waals surface area contributed by atoms with E-state index in [0.29, 0.717) is 17.0 Å². The topological polar surface area (TPSA) is 89.3 Å². The molecule has 27 heavy (non-hydrogen) atoms. The molecule has 0 saturated heterocycles. The Morgan fingerprint density at radius 2 is 2.07 bits per heavy atom. The second-order valence-corrected chi connectivity index (χ2v) is 6.07. The molecule has 0 bridgehead atoms. The number of amides is 1. The maximum atomic E-state index is 13.2. The lowest BCUT2D eigenvalue weighted by Crippen LogP contribution is -2.15. The Bertz CT molecular complexity index is 946. The Morgan fingerprint density at radius 1 is 1.33 bits per heavy atom. The van der Waals surface area contributed by atoms with Gasteiger partial charge in [-0.05, 0) is 35.9 Å². The van der Waals surface area contributed by atoms with Gasteiger partial charge in [-0.3, -0.25) is 4.79 Å². The highest BCUT2D eigenvalue weighted by atomic mass is 35.5. The average Bonchev–Trinajstić information content (AvgIpc) is 3.13. The quantitative estimate of drug-likeness (QED) is 0.675. The first-order chi connectivity index (χ1) is 13.0. The third kappa shape index (κ3) is 4.60. The van der Waals surface area contributed by atoms with Gasteiger partial charge in [-0.1, -0.05) is 23.7 Å². The van der Waals surface area contributed by atoms with Crippen molar-refractivity contribution in [3.63, 3.8) is 0 Å². The van der Waals surface area contributed by atoms with Gasteiger partial charge in [0.25, 0.3) is 5.91 Å². The van der Waals surface area contributed by atoms with E-state index in [0.717, 1.165) is 6.07 Å². The number of benzene rings is 2. The lowest BCUT2D eigenvalue weighted by atomic mass is 10.1. The first-order valence-corrected chi connectivity index (χ1v) is 8.32. The van der Waals surface area contributed by atoms with E-state index in [2.05, 4.69) is 15.4 Å². The zero-order valence-corrected chi connectivity index (χ0v) is 15.0. The van der Waals surface area contributed by atoms with Crippen LogP contribution in [0, 0.1) is 5.82 Å². The van der Waals surface area contributed by atoms with Crippen LogP contribution in [-0.4, -0.2) is 32.9 Å². The predicted octanol–water partition coefficient (Wildman–Crippen LogP) is 3.07. The van der Waals surface area contributed by atoms with Gasteiger partial charge < -0.3 is 15.2 Å². The molecule has 3 aromatic rings. The second-order valence-electron chi connectivity index (χ2n) is 5.66. The molecule has 1 heterocycles. The number of halogens is 2. The van der Waals surface area contributed by atoms with Crippen LogP contribution in [0.1, 0.15) is 22.3 Å². The Balaban J connectivity index is 1.64. The van der Waals surface area contributed by atoms with Gasteiger partial charge >= 0.3 is 0 Å². The maximum Gasteiger partial charge on any atom is 0.295 e. The Hall–Kier alpha value is -2.97. The Labute approximate surface area is 159 Å². The SMILES string of the molecule is COc1ccc([C@@H](O)Cn2cnc(C(=O)Nc3ccc(F)c(Cl)c3)n2)cc1. The van der Waals surface area contributed by atoms with Crippen molar-refractivity contribution in [1.29, 1.82) is 0 Å². The fourth-order valence-corrected chi connectivity index (χ4v) is 2.54. The Morgan fingerprint density at radius 3 is 2.74 bits per heavy atom. The van der Waals surface area contributed by atoms with E-state index in [1.165, 1.54) is 23.1 Å². The molecule has 0 aliphatic rings. The smallest absolute Gasteiger partial charge is 0.295 e. The summed E-state index contributed by atoms with van der Waals surface area (Å²) in [6, 6.07) is 10.8. The molecule has 1 aromatic heterocycles. The third-order valence-corrected chi connectivity index (χ3v) is 4.07. The molecular formula is C18H16ClFN4O3. The van der Waals surface area contributed by atoms with Crippen LogP contribution in [0.2, 0.25) is 5.02 Å². The minimum atomic E-state index is -0.829. The number of methoxy groups -OCH3 is 1. The summed E-state index contributed by atoms with van der Waals surface area (Å²) in [7, 11) is 1.56. The summed E-state index contributed by atoms with van der Waals surface area (Å²) in [6.07, 6.45) is 0.517. The predicted molar refractivity (Wildman–Crippen MR) is 97.3 cm³/mol. The molecule has 0 fully saturated rings. The van der Waals surface area contributed by atoms with Crippen molar-refractivity contribution >= 4 is 23.2 Å². The minimum Gasteiger partial charge on any atom is -0.497 e. The largest absolute Gasteiger partial charge is 0.497 e. The van der Waals surface area contributed by atoms with Gasteiger partial charge in [0.15, 0.2) is 0 Å². The Kier molecular flexibility index (Phi) is 5.68. The number of anilines is 1. The zero-order chi connectivity index (χ0) is 19.4. The molecule has 2 N–H and O–H groups in total. The summed E-state index contributed by atoms with van der Waals surface area (Å²) in [5.41, 5.74) is 0.999. The molecule has 0 aliphatic carbocycles. The van der Waals surface area contributed by atoms with Crippen LogP contribution < -0.4 is 10.1 Å². The molecule has 9 heteroatoms. The molecule has 0 aliphatic heterocycles. The molecular weight excluding hydrogens is 375 g/mol. The fourth-order valence-electron chi connectivity index (χ4n) is 2.36. The zero-order valence-electron chi connectivity index (χ0n) is 14.3. The van der Waals surface area contributed by atoms with Crippen molar-refractivity contribution in [3.05, 3.63) is 71.0 Å². The third-order valence-electron chi connectivity index (χ3n) is 3.78. The van der Waals surface area contributed by atoms with Gasteiger partial charge in [0.05, 0.1) is 24.8 Å². The minimum absolute atomic E-state index is 0.0858. The molecule has 0 unspecified atom stereocenters. The van der Waals surface area contributed by atoms with Crippen LogP contribution in [0.4, 0.5) is 10.1 Å². The molecule has 7 nitrogen and oxygen atoms in total. The highest BCUT2D eigenvalue weighted by Gasteiger charge is 2.15. The van der Waals surface area contributed by atoms with E-state index < -0.39 is 17.8 Å². The number of carbonyl (C=O) groups is 1. The van der Waals surface area contributed by atoms with Crippen LogP contribution in [0.15, 0.2) is 48.8 Å². The highest BCUT2D eigenvalue weighted by Crippen LogP contribution is 2.20. The van der Waals surface area contributed by atoms with Gasteiger partial charge in [-0.2, -0.15) is 0 Å². The van der Waals surface area contributed by atoms with Crippen molar-refractivity contribution in [2.24, 2.45) is 0 Å². The molecule has 0 spiro atoms. The summed E-state index contributed by atoms with van der Waals surface area (Å²) in [6.45, 7) is 0.120. The van der Waals surface area contributed by atoms with E-state index in [-0.39, 0.29) is 17.4 Å². The lowest BCUT2D eigenvalue weighted by Gasteiger charge is -2.11. The van der Waals surface area contributed by atoms with Crippen LogP contribution in [0.3, 0.4) is 0 Å². The van der Waals surface area contributed by atoms with Gasteiger partial charge in [0, 0.05) is 5.69 Å². The standard InChI is InChI=1S/C18H16ClFN4O3/c1-27-13-5-2-11(3-6-13)16(25)9-24-10-21-17(23-24)18(26)22-12-4-7-15(20)14(19)8-12/h2-8,10,16,25H,9H2,1H3,(H,22,26)/t16-/m0/s1. The van der Waals surface area contributed by atoms with Crippen LogP contribution in [0.25, 0.3) is 0 Å². The first kappa shape index (κ1) is 18.8. The molecule has 140 valence electrons. The van der Waals surface area contributed by atoms with Crippen molar-refractivity contribution in [3.8, 4) is 5.75 Å². The maximum absolute atomic E-state index is 13.2. The number of hydrogen-bond acceptors (Lipinski definition) is 5. The summed E-state index contributed by atoms with van der Waals surface area (Å²) in [4.78, 5) is 16.1. The highest BCUT2D eigenvalue weighted by molar-refractivity contribution is 6.31. The number of hydrogen-bond donors (Lipinski definition) is 2. The van der Waals surface area contributed by atoms with E-state index in [1.807, 2.05) is 0 Å². The van der Waals surface area contributed by atoms with E-state index in [9.17, 15) is 14.3 Å². The van der Waals surface area contributed by atoms with Crippen LogP contribution >= 0.6 is 11.6 Å². The van der Waals surface area contributed by atoms with Gasteiger partial charge in [0.1, 0.15) is 17.9 Å². The summed E-state index contributed by atoms with van der Waals surface area (Å²) < 4.78 is 19.6. The number of nitrogens with zero attached hydrogens (tertiary/aromatic N) is 3. The second kappa shape index (κ2) is 8.15. The molecule has 0 radical (unpaired) electrons. The van der Waals surface area contributed by atoms with E-state index >= 15 is 0 Å². The van der Waals surface area contributed by atoms with Crippen molar-refractivity contribution in [2.45, 2.75) is 12.6 Å². The van der Waals surface area contributed by atoms with Crippen LogP contribution in [0.5, 0.6) is 5.75 Å². The lowest BCUT2D eigenvalue weighted by molar-refractivity contribution is 0.101. The average molecular weight is 391 g/mol. The first-order valence-electron chi connectivity index (χ1n) is 7.94. The molecule has 1 amide bonds. The van der Waals surface area contributed by atoms with Gasteiger partial charge in [0.2, 0.25) is 5.82 Å². The monoisotopic (exact) mass is 390 g/mol. The summed E-state index contributed by atoms with van der Waals surface area (Å²) in [5.74, 6) is -0.552. The number of carbonyl (C=O) groups excluding carboxylic acids is 1. The molecule has 0 saturated carbocycles. The number of aliphatic hydroxyl groups is 1. The summed E-state index contributed by atoms with van der Waals surface area (Å²) >= 11 is 5.68. The number of aliphatic hydroxyl groups excluding tert-OH is 1. The normalized spacial score (nSPS) is 11.9. The van der Waals surface area contributed by atoms with E-state index in [1.54, 1.807) is 31.4 Å². The van der Waals surface area contributed by atoms with Crippen molar-refractivity contribution < 1.29 is 19.0 Å². The number of ether oxygens (including phenoxy) is 1. The number of nitrogens with one attached hydrogen (secondary N) is 1.